The highest BCUT2D eigenvalue weighted by molar-refractivity contribution is 5.83. The van der Waals surface area contributed by atoms with Crippen LogP contribution in [0.4, 0.5) is 0 Å². The van der Waals surface area contributed by atoms with Crippen LogP contribution < -0.4 is 0 Å². The zero-order chi connectivity index (χ0) is 14.7. The van der Waals surface area contributed by atoms with Crippen molar-refractivity contribution in [2.45, 2.75) is 41.0 Å². The van der Waals surface area contributed by atoms with E-state index in [0.29, 0.717) is 25.4 Å². The van der Waals surface area contributed by atoms with E-state index in [2.05, 4.69) is 4.90 Å². The number of carbonyl (C=O) groups excluding carboxylic acids is 1. The van der Waals surface area contributed by atoms with E-state index in [4.69, 9.17) is 9.47 Å². The third kappa shape index (κ3) is 10.0. The summed E-state index contributed by atoms with van der Waals surface area (Å²) in [5, 5.41) is 0. The fraction of sp³-hybridized carbons (Fsp3) is 0.933. The smallest absolute Gasteiger partial charge is 0.139 e. The molecule has 0 aliphatic heterocycles. The van der Waals surface area contributed by atoms with Crippen LogP contribution in [0.15, 0.2) is 0 Å². The molecule has 0 aromatic carbocycles. The van der Waals surface area contributed by atoms with Gasteiger partial charge in [-0.3, -0.25) is 9.69 Å². The van der Waals surface area contributed by atoms with Gasteiger partial charge in [-0.15, -0.1) is 0 Å². The van der Waals surface area contributed by atoms with Gasteiger partial charge >= 0.3 is 0 Å². The highest BCUT2D eigenvalue weighted by Crippen LogP contribution is 2.16. The topological polar surface area (TPSA) is 38.8 Å². The van der Waals surface area contributed by atoms with E-state index in [9.17, 15) is 4.79 Å². The van der Waals surface area contributed by atoms with Crippen LogP contribution in [0.5, 0.6) is 0 Å². The number of rotatable bonds is 11. The summed E-state index contributed by atoms with van der Waals surface area (Å²) in [5.74, 6) is 0.310. The van der Waals surface area contributed by atoms with Gasteiger partial charge in [-0.25, -0.2) is 0 Å². The molecule has 0 saturated heterocycles. The molecule has 0 rings (SSSR count). The van der Waals surface area contributed by atoms with Crippen molar-refractivity contribution in [3.05, 3.63) is 0 Å². The molecule has 19 heavy (non-hydrogen) atoms. The maximum Gasteiger partial charge on any atom is 0.139 e. The Kier molecular flexibility index (Phi) is 10.1. The Hall–Kier alpha value is -0.450. The van der Waals surface area contributed by atoms with Crippen molar-refractivity contribution >= 4 is 5.78 Å². The van der Waals surface area contributed by atoms with Crippen molar-refractivity contribution in [3.8, 4) is 0 Å². The highest BCUT2D eigenvalue weighted by atomic mass is 16.5. The summed E-state index contributed by atoms with van der Waals surface area (Å²) < 4.78 is 10.8. The summed E-state index contributed by atoms with van der Waals surface area (Å²) >= 11 is 0. The van der Waals surface area contributed by atoms with E-state index in [1.54, 1.807) is 0 Å². The first-order valence-electron chi connectivity index (χ1n) is 7.33. The number of hydrogen-bond donors (Lipinski definition) is 0. The van der Waals surface area contributed by atoms with Gasteiger partial charge in [-0.1, -0.05) is 20.8 Å². The van der Waals surface area contributed by atoms with Crippen LogP contribution in [0.25, 0.3) is 0 Å². The predicted molar refractivity (Wildman–Crippen MR) is 78.5 cm³/mol. The number of Topliss-reactive ketones (excluding diaryl/α,β-unsaturated/α-hetero) is 1. The van der Waals surface area contributed by atoms with Crippen LogP contribution in [-0.4, -0.2) is 56.7 Å². The quantitative estimate of drug-likeness (QED) is 0.542. The van der Waals surface area contributed by atoms with E-state index in [-0.39, 0.29) is 5.41 Å². The third-order valence-electron chi connectivity index (χ3n) is 3.00. The fourth-order valence-electron chi connectivity index (χ4n) is 1.65. The molecule has 0 N–H and O–H groups in total. The molecule has 0 unspecified atom stereocenters. The first-order valence-corrected chi connectivity index (χ1v) is 7.33. The minimum atomic E-state index is -0.245. The molecule has 4 nitrogen and oxygen atoms in total. The molecule has 0 bridgehead atoms. The van der Waals surface area contributed by atoms with E-state index in [0.717, 1.165) is 32.8 Å². The van der Waals surface area contributed by atoms with Crippen molar-refractivity contribution in [2.75, 3.05) is 46.1 Å². The highest BCUT2D eigenvalue weighted by Gasteiger charge is 2.21. The van der Waals surface area contributed by atoms with Gasteiger partial charge in [0.2, 0.25) is 0 Å². The van der Waals surface area contributed by atoms with Crippen LogP contribution >= 0.6 is 0 Å². The Morgan fingerprint density at radius 3 is 1.79 bits per heavy atom. The monoisotopic (exact) mass is 273 g/mol. The standard InChI is InChI=1S/C15H31NO3/c1-6-18-12-10-16(11-13-19-7-2)9-8-14(17)15(3,4)5/h6-13H2,1-5H3. The van der Waals surface area contributed by atoms with Gasteiger partial charge in [0.05, 0.1) is 13.2 Å². The molecule has 0 spiro atoms. The van der Waals surface area contributed by atoms with Crippen LogP contribution in [0.2, 0.25) is 0 Å². The summed E-state index contributed by atoms with van der Waals surface area (Å²) in [5.41, 5.74) is -0.245. The summed E-state index contributed by atoms with van der Waals surface area (Å²) in [6, 6.07) is 0. The molecule has 0 radical (unpaired) electrons. The Morgan fingerprint density at radius 2 is 1.42 bits per heavy atom. The largest absolute Gasteiger partial charge is 0.380 e. The molecule has 114 valence electrons. The Labute approximate surface area is 118 Å². The first kappa shape index (κ1) is 18.6. The van der Waals surface area contributed by atoms with Crippen molar-refractivity contribution < 1.29 is 14.3 Å². The van der Waals surface area contributed by atoms with Gasteiger partial charge in [0, 0.05) is 44.7 Å². The normalized spacial score (nSPS) is 12.1. The van der Waals surface area contributed by atoms with Crippen molar-refractivity contribution in [1.82, 2.24) is 4.90 Å². The van der Waals surface area contributed by atoms with Gasteiger partial charge in [0.1, 0.15) is 5.78 Å². The lowest BCUT2D eigenvalue weighted by Gasteiger charge is -2.24. The lowest BCUT2D eigenvalue weighted by Crippen LogP contribution is -2.34. The molecule has 0 atom stereocenters. The summed E-state index contributed by atoms with van der Waals surface area (Å²) in [6.07, 6.45) is 0.599. The Morgan fingerprint density at radius 1 is 0.947 bits per heavy atom. The molecular weight excluding hydrogens is 242 g/mol. The SMILES string of the molecule is CCOCCN(CCOCC)CCC(=O)C(C)(C)C. The molecule has 4 heteroatoms. The second-order valence-corrected chi connectivity index (χ2v) is 5.66. The maximum absolute atomic E-state index is 11.9. The summed E-state index contributed by atoms with van der Waals surface area (Å²) in [7, 11) is 0. The maximum atomic E-state index is 11.9. The first-order chi connectivity index (χ1) is 8.91. The molecule has 0 aromatic heterocycles. The number of nitrogens with zero attached hydrogens (tertiary/aromatic N) is 1. The summed E-state index contributed by atoms with van der Waals surface area (Å²) in [4.78, 5) is 14.2. The molecular formula is C15H31NO3. The average Bonchev–Trinajstić information content (AvgIpc) is 2.34. The van der Waals surface area contributed by atoms with E-state index in [1.807, 2.05) is 34.6 Å². The zero-order valence-electron chi connectivity index (χ0n) is 13.3. The summed E-state index contributed by atoms with van der Waals surface area (Å²) in [6.45, 7) is 15.3. The van der Waals surface area contributed by atoms with Gasteiger partial charge < -0.3 is 9.47 Å². The molecule has 0 fully saturated rings. The Balaban J connectivity index is 4.05. The minimum absolute atomic E-state index is 0.245. The number of ether oxygens (including phenoxy) is 2. The van der Waals surface area contributed by atoms with Crippen molar-refractivity contribution in [1.29, 1.82) is 0 Å². The average molecular weight is 273 g/mol. The van der Waals surface area contributed by atoms with E-state index in [1.165, 1.54) is 0 Å². The van der Waals surface area contributed by atoms with Gasteiger partial charge in [0.15, 0.2) is 0 Å². The van der Waals surface area contributed by atoms with Crippen molar-refractivity contribution in [3.63, 3.8) is 0 Å². The molecule has 0 aliphatic rings. The molecule has 0 amide bonds. The minimum Gasteiger partial charge on any atom is -0.380 e. The zero-order valence-corrected chi connectivity index (χ0v) is 13.3. The molecule has 0 aliphatic carbocycles. The number of hydrogen-bond acceptors (Lipinski definition) is 4. The van der Waals surface area contributed by atoms with Gasteiger partial charge in [-0.05, 0) is 13.8 Å². The van der Waals surface area contributed by atoms with E-state index < -0.39 is 0 Å². The lowest BCUT2D eigenvalue weighted by atomic mass is 9.89. The number of carbonyl (C=O) groups is 1. The second-order valence-electron chi connectivity index (χ2n) is 5.66. The third-order valence-corrected chi connectivity index (χ3v) is 3.00. The van der Waals surface area contributed by atoms with Crippen molar-refractivity contribution in [2.24, 2.45) is 5.41 Å². The van der Waals surface area contributed by atoms with Gasteiger partial charge in [0.25, 0.3) is 0 Å². The van der Waals surface area contributed by atoms with Crippen LogP contribution in [0, 0.1) is 5.41 Å². The Bertz CT molecular complexity index is 226. The lowest BCUT2D eigenvalue weighted by molar-refractivity contribution is -0.126. The second kappa shape index (κ2) is 10.4. The fourth-order valence-corrected chi connectivity index (χ4v) is 1.65. The molecule has 0 aromatic rings. The predicted octanol–water partition coefficient (Wildman–Crippen LogP) is 2.37. The van der Waals surface area contributed by atoms with Gasteiger partial charge in [-0.2, -0.15) is 0 Å². The van der Waals surface area contributed by atoms with Crippen LogP contribution in [-0.2, 0) is 14.3 Å². The molecule has 0 heterocycles. The number of ketones is 1. The molecule has 0 saturated carbocycles. The van der Waals surface area contributed by atoms with Crippen LogP contribution in [0.3, 0.4) is 0 Å². The van der Waals surface area contributed by atoms with E-state index >= 15 is 0 Å². The van der Waals surface area contributed by atoms with Crippen LogP contribution in [0.1, 0.15) is 41.0 Å².